The number of carbonyl (C=O) groups is 2. The number of hydrogen-bond acceptors (Lipinski definition) is 6. The largest absolute Gasteiger partial charge is 0.478 e. The van der Waals surface area contributed by atoms with Crippen molar-refractivity contribution in [3.63, 3.8) is 0 Å². The number of aryl methyl sites for hydroxylation is 2. The molecule has 1 amide bonds. The Kier molecular flexibility index (Phi) is 9.78. The van der Waals surface area contributed by atoms with E-state index in [1.165, 1.54) is 6.07 Å². The zero-order valence-electron chi connectivity index (χ0n) is 24.3. The summed E-state index contributed by atoms with van der Waals surface area (Å²) >= 11 is 0. The van der Waals surface area contributed by atoms with Gasteiger partial charge in [-0.2, -0.15) is 0 Å². The standard InChI is InChI=1S/C33H39N3O5/c1-5-34-27-18-29-25(15-20(27)3)31(26-16-21(4)28(35-6-2)19-30(26)41-29)23-12-11-22(17-24(23)33(39)40)32(38)36-13-9-7-8-10-14-37/h11-12,15-19,34,37H,5-10,13-14H2,1-4H3,(H,36,38)(H,39,40). The van der Waals surface area contributed by atoms with Gasteiger partial charge >= 0.3 is 5.97 Å². The third-order valence-corrected chi connectivity index (χ3v) is 7.23. The summed E-state index contributed by atoms with van der Waals surface area (Å²) in [5.41, 5.74) is 5.92. The fraction of sp³-hybridized carbons (Fsp3) is 0.364. The molecule has 8 nitrogen and oxygen atoms in total. The van der Waals surface area contributed by atoms with Crippen molar-refractivity contribution in [2.45, 2.75) is 53.4 Å². The molecule has 0 atom stereocenters. The van der Waals surface area contributed by atoms with Crippen LogP contribution < -0.4 is 16.0 Å². The second-order valence-corrected chi connectivity index (χ2v) is 10.2. The molecule has 4 rings (SSSR count). The lowest BCUT2D eigenvalue weighted by Crippen LogP contribution is -2.24. The monoisotopic (exact) mass is 557 g/mol. The van der Waals surface area contributed by atoms with E-state index in [0.29, 0.717) is 35.6 Å². The molecule has 0 fully saturated rings. The molecule has 1 heterocycles. The fourth-order valence-corrected chi connectivity index (χ4v) is 5.18. The number of nitrogens with one attached hydrogen (secondary N) is 2. The second kappa shape index (κ2) is 13.5. The van der Waals surface area contributed by atoms with Crippen LogP contribution in [0.15, 0.2) is 51.9 Å². The van der Waals surface area contributed by atoms with Crippen molar-refractivity contribution in [3.05, 3.63) is 70.1 Å². The smallest absolute Gasteiger partial charge is 0.336 e. The summed E-state index contributed by atoms with van der Waals surface area (Å²) in [6, 6.07) is 12.7. The first-order chi connectivity index (χ1) is 19.8. The highest BCUT2D eigenvalue weighted by atomic mass is 16.4. The summed E-state index contributed by atoms with van der Waals surface area (Å²) in [6.45, 7) is 10.0. The Morgan fingerprint density at radius 2 is 1.71 bits per heavy atom. The molecular formula is C33H39N3O5. The van der Waals surface area contributed by atoms with Crippen molar-refractivity contribution in [1.29, 1.82) is 0 Å². The maximum absolute atomic E-state index is 12.9. The van der Waals surface area contributed by atoms with Gasteiger partial charge < -0.3 is 25.3 Å². The first-order valence-corrected chi connectivity index (χ1v) is 14.3. The molecule has 2 aromatic carbocycles. The number of carbonyl (C=O) groups excluding carboxylic acids is 1. The number of anilines is 1. The number of amides is 1. The summed E-state index contributed by atoms with van der Waals surface area (Å²) in [5.74, 6) is -0.821. The SMILES string of the molecule is CCN=c1cc2oc3cc(NCC)c(C)cc3c(-c3ccc(C(=O)NCCCCCCO)cc3C(=O)O)c-2cc1C. The first-order valence-electron chi connectivity index (χ1n) is 14.3. The van der Waals surface area contributed by atoms with Crippen LogP contribution in [0.1, 0.15) is 71.4 Å². The number of carboxylic acids is 1. The third kappa shape index (κ3) is 6.60. The lowest BCUT2D eigenvalue weighted by molar-refractivity contribution is 0.0697. The van der Waals surface area contributed by atoms with E-state index >= 15 is 0 Å². The number of carboxylic acid groups (broad SMARTS) is 1. The molecular weight excluding hydrogens is 518 g/mol. The third-order valence-electron chi connectivity index (χ3n) is 7.23. The van der Waals surface area contributed by atoms with E-state index in [9.17, 15) is 14.7 Å². The summed E-state index contributed by atoms with van der Waals surface area (Å²) < 4.78 is 6.41. The molecule has 2 aromatic rings. The maximum atomic E-state index is 12.9. The van der Waals surface area contributed by atoms with Gasteiger partial charge in [0.2, 0.25) is 0 Å². The van der Waals surface area contributed by atoms with Gasteiger partial charge in [-0.3, -0.25) is 9.79 Å². The lowest BCUT2D eigenvalue weighted by atomic mass is 9.88. The van der Waals surface area contributed by atoms with E-state index < -0.39 is 5.97 Å². The first kappa shape index (κ1) is 29.8. The van der Waals surface area contributed by atoms with Gasteiger partial charge in [0.25, 0.3) is 5.91 Å². The van der Waals surface area contributed by atoms with Crippen LogP contribution >= 0.6 is 0 Å². The second-order valence-electron chi connectivity index (χ2n) is 10.2. The van der Waals surface area contributed by atoms with Crippen molar-refractivity contribution in [2.75, 3.05) is 31.6 Å². The minimum Gasteiger partial charge on any atom is -0.478 e. The molecule has 41 heavy (non-hydrogen) atoms. The normalized spacial score (nSPS) is 11.8. The topological polar surface area (TPSA) is 124 Å². The Hall–Kier alpha value is -4.17. The maximum Gasteiger partial charge on any atom is 0.336 e. The van der Waals surface area contributed by atoms with E-state index in [1.807, 2.05) is 52.0 Å². The molecule has 0 unspecified atom stereocenters. The number of aliphatic hydroxyl groups is 1. The van der Waals surface area contributed by atoms with Crippen LogP contribution in [-0.2, 0) is 0 Å². The Bertz CT molecular complexity index is 1610. The van der Waals surface area contributed by atoms with Crippen LogP contribution in [-0.4, -0.2) is 48.3 Å². The number of nitrogens with zero attached hydrogens (tertiary/aromatic N) is 1. The van der Waals surface area contributed by atoms with E-state index in [2.05, 4.69) is 15.6 Å². The van der Waals surface area contributed by atoms with Crippen LogP contribution in [0.3, 0.4) is 0 Å². The fourth-order valence-electron chi connectivity index (χ4n) is 5.18. The van der Waals surface area contributed by atoms with Crippen LogP contribution in [0, 0.1) is 13.8 Å². The Balaban J connectivity index is 1.88. The van der Waals surface area contributed by atoms with Gasteiger partial charge in [-0.05, 0) is 81.5 Å². The molecule has 1 aliphatic carbocycles. The number of benzene rings is 3. The summed E-state index contributed by atoms with van der Waals surface area (Å²) in [6.07, 6.45) is 3.35. The highest BCUT2D eigenvalue weighted by molar-refractivity contribution is 6.09. The van der Waals surface area contributed by atoms with Crippen LogP contribution in [0.2, 0.25) is 0 Å². The predicted octanol–water partition coefficient (Wildman–Crippen LogP) is 6.15. The van der Waals surface area contributed by atoms with E-state index in [4.69, 9.17) is 9.52 Å². The van der Waals surface area contributed by atoms with Crippen molar-refractivity contribution in [2.24, 2.45) is 4.99 Å². The molecule has 0 aromatic heterocycles. The molecule has 0 spiro atoms. The van der Waals surface area contributed by atoms with Gasteiger partial charge in [-0.1, -0.05) is 18.9 Å². The van der Waals surface area contributed by atoms with Gasteiger partial charge in [0.1, 0.15) is 11.3 Å². The average Bonchev–Trinajstić information content (AvgIpc) is 2.95. The molecule has 0 bridgehead atoms. The van der Waals surface area contributed by atoms with Crippen LogP contribution in [0.25, 0.3) is 33.4 Å². The van der Waals surface area contributed by atoms with Crippen molar-refractivity contribution in [1.82, 2.24) is 5.32 Å². The molecule has 8 heteroatoms. The number of aromatic carboxylic acids is 1. The van der Waals surface area contributed by atoms with Gasteiger partial charge in [-0.25, -0.2) is 4.79 Å². The highest BCUT2D eigenvalue weighted by Crippen LogP contribution is 2.43. The van der Waals surface area contributed by atoms with Gasteiger partial charge in [-0.15, -0.1) is 0 Å². The van der Waals surface area contributed by atoms with Crippen LogP contribution in [0.4, 0.5) is 5.69 Å². The summed E-state index contributed by atoms with van der Waals surface area (Å²) in [4.78, 5) is 30.1. The summed E-state index contributed by atoms with van der Waals surface area (Å²) in [7, 11) is 0. The molecule has 0 radical (unpaired) electrons. The molecule has 216 valence electrons. The molecule has 1 aliphatic heterocycles. The number of hydrogen-bond donors (Lipinski definition) is 4. The zero-order chi connectivity index (χ0) is 29.5. The van der Waals surface area contributed by atoms with Crippen molar-refractivity contribution >= 4 is 28.5 Å². The molecule has 0 saturated carbocycles. The molecule has 4 N–H and O–H groups in total. The minimum atomic E-state index is -1.11. The van der Waals surface area contributed by atoms with Gasteiger partial charge in [0.15, 0.2) is 0 Å². The van der Waals surface area contributed by atoms with E-state index in [-0.39, 0.29) is 18.1 Å². The number of rotatable bonds is 12. The highest BCUT2D eigenvalue weighted by Gasteiger charge is 2.24. The Morgan fingerprint density at radius 3 is 2.41 bits per heavy atom. The lowest BCUT2D eigenvalue weighted by Gasteiger charge is -2.19. The van der Waals surface area contributed by atoms with Crippen molar-refractivity contribution < 1.29 is 24.2 Å². The predicted molar refractivity (Wildman–Crippen MR) is 163 cm³/mol. The molecule has 2 aliphatic rings. The Morgan fingerprint density at radius 1 is 0.927 bits per heavy atom. The number of fused-ring (bicyclic) bond motifs is 2. The zero-order valence-corrected chi connectivity index (χ0v) is 24.3. The van der Waals surface area contributed by atoms with Gasteiger partial charge in [0.05, 0.1) is 10.9 Å². The molecule has 0 saturated heterocycles. The minimum absolute atomic E-state index is 0.0442. The summed E-state index contributed by atoms with van der Waals surface area (Å²) in [5, 5.41) is 27.1. The number of aliphatic hydroxyl groups excluding tert-OH is 1. The van der Waals surface area contributed by atoms with E-state index in [0.717, 1.165) is 70.9 Å². The average molecular weight is 558 g/mol. The quantitative estimate of drug-likeness (QED) is 0.122. The van der Waals surface area contributed by atoms with Crippen molar-refractivity contribution in [3.8, 4) is 22.5 Å². The van der Waals surface area contributed by atoms with Gasteiger partial charge in [0, 0.05) is 66.1 Å². The van der Waals surface area contributed by atoms with E-state index in [1.54, 1.807) is 12.1 Å². The van der Waals surface area contributed by atoms with Crippen LogP contribution in [0.5, 0.6) is 0 Å². The Labute approximate surface area is 240 Å². The number of unbranched alkanes of at least 4 members (excludes halogenated alkanes) is 3.